The van der Waals surface area contributed by atoms with Crippen molar-refractivity contribution in [3.8, 4) is 0 Å². The van der Waals surface area contributed by atoms with Gasteiger partial charge in [-0.25, -0.2) is 4.68 Å². The van der Waals surface area contributed by atoms with Crippen LogP contribution in [0.15, 0.2) is 17.1 Å². The Hall–Kier alpha value is -1.40. The van der Waals surface area contributed by atoms with E-state index >= 15 is 0 Å². The third-order valence-corrected chi connectivity index (χ3v) is 2.94. The number of anilines is 1. The van der Waals surface area contributed by atoms with Gasteiger partial charge in [0.1, 0.15) is 0 Å². The zero-order chi connectivity index (χ0) is 12.3. The summed E-state index contributed by atoms with van der Waals surface area (Å²) in [6, 6.07) is 1.38. The van der Waals surface area contributed by atoms with E-state index in [-0.39, 0.29) is 11.7 Å². The summed E-state index contributed by atoms with van der Waals surface area (Å²) in [5.41, 5.74) is 5.70. The van der Waals surface area contributed by atoms with Crippen LogP contribution in [0.3, 0.4) is 0 Å². The minimum atomic E-state index is -0.178. The molecule has 0 radical (unpaired) electrons. The standard InChI is InChI=1S/C11H18N4O2/c1-2-14-3-4-17-10(7-14)8-15-11(16)5-9(12)6-13-15/h5-6,10H,2-4,7-8,12H2,1H3. The van der Waals surface area contributed by atoms with Gasteiger partial charge in [0, 0.05) is 19.2 Å². The summed E-state index contributed by atoms with van der Waals surface area (Å²) in [6.07, 6.45) is 1.51. The Morgan fingerprint density at radius 3 is 3.18 bits per heavy atom. The van der Waals surface area contributed by atoms with Crippen LogP contribution in [0.5, 0.6) is 0 Å². The summed E-state index contributed by atoms with van der Waals surface area (Å²) in [5, 5.41) is 4.00. The Kier molecular flexibility index (Phi) is 3.75. The molecular weight excluding hydrogens is 220 g/mol. The second-order valence-corrected chi connectivity index (χ2v) is 4.20. The first kappa shape index (κ1) is 12.1. The zero-order valence-electron chi connectivity index (χ0n) is 10.0. The number of hydrogen-bond acceptors (Lipinski definition) is 5. The molecule has 1 aromatic heterocycles. The molecule has 2 heterocycles. The van der Waals surface area contributed by atoms with Crippen molar-refractivity contribution in [1.29, 1.82) is 0 Å². The van der Waals surface area contributed by atoms with Crippen molar-refractivity contribution in [2.24, 2.45) is 0 Å². The highest BCUT2D eigenvalue weighted by Gasteiger charge is 2.20. The molecule has 0 aromatic carbocycles. The van der Waals surface area contributed by atoms with Gasteiger partial charge in [-0.15, -0.1) is 0 Å². The van der Waals surface area contributed by atoms with E-state index in [1.165, 1.54) is 16.9 Å². The molecule has 0 saturated carbocycles. The molecule has 1 unspecified atom stereocenters. The fourth-order valence-electron chi connectivity index (χ4n) is 1.96. The molecule has 17 heavy (non-hydrogen) atoms. The molecule has 0 aliphatic carbocycles. The van der Waals surface area contributed by atoms with Gasteiger partial charge in [-0.2, -0.15) is 5.10 Å². The van der Waals surface area contributed by atoms with Crippen LogP contribution in [-0.4, -0.2) is 47.0 Å². The Balaban J connectivity index is 2.02. The second-order valence-electron chi connectivity index (χ2n) is 4.20. The van der Waals surface area contributed by atoms with E-state index in [1.54, 1.807) is 0 Å². The smallest absolute Gasteiger partial charge is 0.268 e. The fourth-order valence-corrected chi connectivity index (χ4v) is 1.96. The Bertz CT molecular complexity index is 432. The van der Waals surface area contributed by atoms with Gasteiger partial charge in [0.05, 0.1) is 31.1 Å². The molecule has 0 spiro atoms. The van der Waals surface area contributed by atoms with E-state index in [9.17, 15) is 4.79 Å². The van der Waals surface area contributed by atoms with E-state index in [4.69, 9.17) is 10.5 Å². The molecule has 2 rings (SSSR count). The topological polar surface area (TPSA) is 73.4 Å². The van der Waals surface area contributed by atoms with E-state index < -0.39 is 0 Å². The molecule has 1 atom stereocenters. The number of nitrogen functional groups attached to an aromatic ring is 1. The number of rotatable bonds is 3. The number of hydrogen-bond donors (Lipinski definition) is 1. The first-order valence-corrected chi connectivity index (χ1v) is 5.85. The largest absolute Gasteiger partial charge is 0.397 e. The van der Waals surface area contributed by atoms with E-state index in [0.717, 1.165) is 19.6 Å². The van der Waals surface area contributed by atoms with Crippen molar-refractivity contribution in [2.45, 2.75) is 19.6 Å². The molecule has 6 heteroatoms. The predicted octanol–water partition coefficient (Wildman–Crippen LogP) is -0.454. The normalized spacial score (nSPS) is 21.6. The molecule has 1 aromatic rings. The molecule has 1 saturated heterocycles. The van der Waals surface area contributed by atoms with Crippen LogP contribution >= 0.6 is 0 Å². The van der Waals surface area contributed by atoms with Crippen molar-refractivity contribution < 1.29 is 4.74 Å². The summed E-state index contributed by atoms with van der Waals surface area (Å²) in [5.74, 6) is 0. The van der Waals surface area contributed by atoms with E-state index in [2.05, 4.69) is 16.9 Å². The van der Waals surface area contributed by atoms with Crippen molar-refractivity contribution in [2.75, 3.05) is 32.0 Å². The van der Waals surface area contributed by atoms with Crippen LogP contribution in [0.1, 0.15) is 6.92 Å². The monoisotopic (exact) mass is 238 g/mol. The van der Waals surface area contributed by atoms with Crippen LogP contribution in [0.25, 0.3) is 0 Å². The second kappa shape index (κ2) is 5.29. The summed E-state index contributed by atoms with van der Waals surface area (Å²) in [4.78, 5) is 13.9. The molecule has 94 valence electrons. The maximum absolute atomic E-state index is 11.6. The van der Waals surface area contributed by atoms with Crippen molar-refractivity contribution in [1.82, 2.24) is 14.7 Å². The Labute approximate surface area is 100.0 Å². The summed E-state index contributed by atoms with van der Waals surface area (Å²) in [6.45, 7) is 6.11. The third kappa shape index (κ3) is 3.04. The zero-order valence-corrected chi connectivity index (χ0v) is 10.0. The minimum Gasteiger partial charge on any atom is -0.397 e. The number of ether oxygens (including phenoxy) is 1. The molecule has 0 bridgehead atoms. The Morgan fingerprint density at radius 2 is 2.47 bits per heavy atom. The van der Waals surface area contributed by atoms with Gasteiger partial charge >= 0.3 is 0 Å². The first-order chi connectivity index (χ1) is 8.19. The highest BCUT2D eigenvalue weighted by molar-refractivity contribution is 5.31. The van der Waals surface area contributed by atoms with Crippen molar-refractivity contribution in [3.63, 3.8) is 0 Å². The summed E-state index contributed by atoms with van der Waals surface area (Å²) >= 11 is 0. The van der Waals surface area contributed by atoms with Gasteiger partial charge in [0.15, 0.2) is 0 Å². The number of aromatic nitrogens is 2. The average Bonchev–Trinajstić information content (AvgIpc) is 2.33. The molecular formula is C11H18N4O2. The first-order valence-electron chi connectivity index (χ1n) is 5.85. The third-order valence-electron chi connectivity index (χ3n) is 2.94. The van der Waals surface area contributed by atoms with E-state index in [1.807, 2.05) is 0 Å². The van der Waals surface area contributed by atoms with Crippen LogP contribution in [0, 0.1) is 0 Å². The van der Waals surface area contributed by atoms with Crippen LogP contribution in [0.4, 0.5) is 5.69 Å². The maximum Gasteiger partial charge on any atom is 0.268 e. The molecule has 6 nitrogen and oxygen atoms in total. The lowest BCUT2D eigenvalue weighted by Crippen LogP contribution is -2.45. The van der Waals surface area contributed by atoms with Gasteiger partial charge in [-0.05, 0) is 6.54 Å². The highest BCUT2D eigenvalue weighted by Crippen LogP contribution is 2.06. The number of nitrogens with two attached hydrogens (primary N) is 1. The summed E-state index contributed by atoms with van der Waals surface area (Å²) in [7, 11) is 0. The minimum absolute atomic E-state index is 0.0255. The van der Waals surface area contributed by atoms with Crippen molar-refractivity contribution in [3.05, 3.63) is 22.6 Å². The predicted molar refractivity (Wildman–Crippen MR) is 64.8 cm³/mol. The number of nitrogens with zero attached hydrogens (tertiary/aromatic N) is 3. The fraction of sp³-hybridized carbons (Fsp3) is 0.636. The Morgan fingerprint density at radius 1 is 1.65 bits per heavy atom. The van der Waals surface area contributed by atoms with Gasteiger partial charge in [0.25, 0.3) is 5.56 Å². The lowest BCUT2D eigenvalue weighted by molar-refractivity contribution is -0.0364. The maximum atomic E-state index is 11.6. The number of morpholine rings is 1. The van der Waals surface area contributed by atoms with Crippen LogP contribution < -0.4 is 11.3 Å². The van der Waals surface area contributed by atoms with Gasteiger partial charge in [-0.3, -0.25) is 9.69 Å². The lowest BCUT2D eigenvalue weighted by Gasteiger charge is -2.31. The molecule has 0 amide bonds. The molecule has 1 aliphatic rings. The molecule has 2 N–H and O–H groups in total. The molecule has 1 fully saturated rings. The average molecular weight is 238 g/mol. The van der Waals surface area contributed by atoms with Crippen LogP contribution in [-0.2, 0) is 11.3 Å². The van der Waals surface area contributed by atoms with Crippen LogP contribution in [0.2, 0.25) is 0 Å². The SMILES string of the molecule is CCN1CCOC(Cn2ncc(N)cc2=O)C1. The number of likely N-dealkylation sites (N-methyl/N-ethyl adjacent to an activating group) is 1. The van der Waals surface area contributed by atoms with Gasteiger partial charge in [0.2, 0.25) is 0 Å². The quantitative estimate of drug-likeness (QED) is 0.772. The van der Waals surface area contributed by atoms with Crippen molar-refractivity contribution >= 4 is 5.69 Å². The van der Waals surface area contributed by atoms with E-state index in [0.29, 0.717) is 18.8 Å². The highest BCUT2D eigenvalue weighted by atomic mass is 16.5. The lowest BCUT2D eigenvalue weighted by atomic mass is 10.2. The van der Waals surface area contributed by atoms with Gasteiger partial charge in [-0.1, -0.05) is 6.92 Å². The summed E-state index contributed by atoms with van der Waals surface area (Å²) < 4.78 is 7.03. The van der Waals surface area contributed by atoms with Gasteiger partial charge < -0.3 is 10.5 Å². The molecule has 1 aliphatic heterocycles.